The van der Waals surface area contributed by atoms with Crippen LogP contribution < -0.4 is 11.1 Å². The fraction of sp³-hybridized carbons (Fsp3) is 0.579. The number of carbonyl (C=O) groups excluding carboxylic acids is 1. The molecule has 0 unspecified atom stereocenters. The topological polar surface area (TPSA) is 82.2 Å². The number of benzene rings is 1. The van der Waals surface area contributed by atoms with Gasteiger partial charge < -0.3 is 16.0 Å². The van der Waals surface area contributed by atoms with Crippen molar-refractivity contribution < 1.29 is 4.79 Å². The van der Waals surface area contributed by atoms with Crippen LogP contribution in [0.4, 0.5) is 0 Å². The van der Waals surface area contributed by atoms with E-state index in [1.165, 1.54) is 5.56 Å². The molecule has 0 radical (unpaired) electrons. The van der Waals surface area contributed by atoms with Crippen LogP contribution in [-0.2, 0) is 4.79 Å². The summed E-state index contributed by atoms with van der Waals surface area (Å²) >= 11 is 0. The summed E-state index contributed by atoms with van der Waals surface area (Å²) in [5, 5.41) is 12.5. The smallest absolute Gasteiger partial charge is 0.238 e. The third kappa shape index (κ3) is 4.56. The van der Waals surface area contributed by atoms with Gasteiger partial charge in [0.25, 0.3) is 0 Å². The number of hydrogen-bond donors (Lipinski definition) is 2. The number of likely N-dealkylation sites (tertiary alicyclic amines) is 1. The van der Waals surface area contributed by atoms with Gasteiger partial charge in [-0.1, -0.05) is 44.2 Å². The summed E-state index contributed by atoms with van der Waals surface area (Å²) in [6.45, 7) is 6.82. The van der Waals surface area contributed by atoms with Gasteiger partial charge >= 0.3 is 0 Å². The average Bonchev–Trinajstić information content (AvgIpc) is 2.62. The van der Waals surface area contributed by atoms with E-state index in [0.29, 0.717) is 19.3 Å². The number of rotatable bonds is 6. The Morgan fingerprint density at radius 3 is 2.54 bits per heavy atom. The zero-order chi connectivity index (χ0) is 17.6. The van der Waals surface area contributed by atoms with E-state index in [1.807, 2.05) is 30.3 Å². The molecule has 0 saturated carbocycles. The van der Waals surface area contributed by atoms with Crippen LogP contribution in [0.15, 0.2) is 30.3 Å². The summed E-state index contributed by atoms with van der Waals surface area (Å²) in [7, 11) is 0. The Balaban J connectivity index is 1.92. The summed E-state index contributed by atoms with van der Waals surface area (Å²) < 4.78 is 0. The summed E-state index contributed by atoms with van der Waals surface area (Å²) in [4.78, 5) is 14.8. The van der Waals surface area contributed by atoms with Crippen molar-refractivity contribution in [2.24, 2.45) is 5.73 Å². The van der Waals surface area contributed by atoms with Crippen LogP contribution in [0.1, 0.15) is 44.6 Å². The Morgan fingerprint density at radius 1 is 1.38 bits per heavy atom. The molecule has 2 rings (SSSR count). The molecular formula is C19H28N4O. The van der Waals surface area contributed by atoms with Gasteiger partial charge in [-0.15, -0.1) is 0 Å². The highest BCUT2D eigenvalue weighted by molar-refractivity contribution is 5.82. The first-order chi connectivity index (χ1) is 11.5. The number of nitrogens with zero attached hydrogens (tertiary/aromatic N) is 2. The molecule has 1 aromatic rings. The molecule has 1 aliphatic heterocycles. The largest absolute Gasteiger partial charge is 0.336 e. The van der Waals surface area contributed by atoms with Gasteiger partial charge in [0, 0.05) is 13.1 Å². The minimum Gasteiger partial charge on any atom is -0.336 e. The minimum absolute atomic E-state index is 0.201. The average molecular weight is 328 g/mol. The molecule has 1 aromatic carbocycles. The number of amides is 1. The number of hydrogen-bond acceptors (Lipinski definition) is 4. The number of piperidine rings is 1. The van der Waals surface area contributed by atoms with Crippen molar-refractivity contribution in [1.82, 2.24) is 10.2 Å². The molecule has 0 bridgehead atoms. The van der Waals surface area contributed by atoms with E-state index < -0.39 is 11.6 Å². The molecule has 0 spiro atoms. The van der Waals surface area contributed by atoms with Crippen LogP contribution in [-0.4, -0.2) is 42.0 Å². The van der Waals surface area contributed by atoms with Gasteiger partial charge in [0.2, 0.25) is 5.91 Å². The van der Waals surface area contributed by atoms with Gasteiger partial charge in [-0.3, -0.25) is 4.79 Å². The first kappa shape index (κ1) is 18.4. The van der Waals surface area contributed by atoms with Gasteiger partial charge in [0.15, 0.2) is 0 Å². The number of carbonyl (C=O) groups is 1. The first-order valence-corrected chi connectivity index (χ1v) is 8.76. The normalized spacial score (nSPS) is 19.9. The van der Waals surface area contributed by atoms with E-state index in [0.717, 1.165) is 19.6 Å². The molecule has 3 N–H and O–H groups in total. The van der Waals surface area contributed by atoms with Crippen molar-refractivity contribution >= 4 is 5.91 Å². The Bertz CT molecular complexity index is 573. The maximum Gasteiger partial charge on any atom is 0.238 e. The van der Waals surface area contributed by atoms with E-state index in [-0.39, 0.29) is 11.8 Å². The van der Waals surface area contributed by atoms with E-state index >= 15 is 0 Å². The lowest BCUT2D eigenvalue weighted by Crippen LogP contribution is -2.57. The van der Waals surface area contributed by atoms with Gasteiger partial charge in [-0.25, -0.2) is 0 Å². The molecular weight excluding hydrogens is 300 g/mol. The zero-order valence-corrected chi connectivity index (χ0v) is 14.7. The fourth-order valence-electron chi connectivity index (χ4n) is 3.25. The van der Waals surface area contributed by atoms with Crippen LogP contribution in [0.5, 0.6) is 0 Å². The predicted octanol–water partition coefficient (Wildman–Crippen LogP) is 2.00. The SMILES string of the molecule is CCN1CCC(C#N)(NC(=O)[C@@H](N)C[C@H](C)c2ccccc2)CC1. The van der Waals surface area contributed by atoms with Gasteiger partial charge in [0.1, 0.15) is 5.54 Å². The van der Waals surface area contributed by atoms with Crippen LogP contribution in [0.25, 0.3) is 0 Å². The van der Waals surface area contributed by atoms with Crippen molar-refractivity contribution in [2.75, 3.05) is 19.6 Å². The molecule has 1 saturated heterocycles. The number of nitrogens with one attached hydrogen (secondary N) is 1. The van der Waals surface area contributed by atoms with E-state index in [4.69, 9.17) is 5.73 Å². The third-order valence-corrected chi connectivity index (χ3v) is 5.05. The Kier molecular flexibility index (Phi) is 6.36. The second-order valence-corrected chi connectivity index (χ2v) is 6.77. The number of nitriles is 1. The second-order valence-electron chi connectivity index (χ2n) is 6.77. The van der Waals surface area contributed by atoms with E-state index in [2.05, 4.69) is 30.1 Å². The summed E-state index contributed by atoms with van der Waals surface area (Å²) in [6.07, 6.45) is 1.88. The maximum absolute atomic E-state index is 12.5. The predicted molar refractivity (Wildman–Crippen MR) is 95.3 cm³/mol. The molecule has 2 atom stereocenters. The lowest BCUT2D eigenvalue weighted by molar-refractivity contribution is -0.124. The van der Waals surface area contributed by atoms with Gasteiger partial charge in [-0.05, 0) is 37.3 Å². The Morgan fingerprint density at radius 2 is 2.00 bits per heavy atom. The fourth-order valence-corrected chi connectivity index (χ4v) is 3.25. The quantitative estimate of drug-likeness (QED) is 0.837. The van der Waals surface area contributed by atoms with Crippen molar-refractivity contribution in [3.8, 4) is 6.07 Å². The number of nitrogens with two attached hydrogens (primary N) is 1. The van der Waals surface area contributed by atoms with E-state index in [9.17, 15) is 10.1 Å². The summed E-state index contributed by atoms with van der Waals surface area (Å²) in [5.74, 6) is -0.0174. The summed E-state index contributed by atoms with van der Waals surface area (Å²) in [5.41, 5.74) is 6.51. The Hall–Kier alpha value is -1.90. The lowest BCUT2D eigenvalue weighted by Gasteiger charge is -2.37. The molecule has 5 nitrogen and oxygen atoms in total. The Labute approximate surface area is 144 Å². The van der Waals surface area contributed by atoms with Crippen molar-refractivity contribution in [2.45, 2.75) is 50.6 Å². The van der Waals surface area contributed by atoms with Gasteiger partial charge in [-0.2, -0.15) is 5.26 Å². The van der Waals surface area contributed by atoms with Crippen LogP contribution >= 0.6 is 0 Å². The first-order valence-electron chi connectivity index (χ1n) is 8.76. The highest BCUT2D eigenvalue weighted by Crippen LogP contribution is 2.23. The molecule has 0 aromatic heterocycles. The molecule has 1 amide bonds. The summed E-state index contributed by atoms with van der Waals surface area (Å²) in [6, 6.07) is 11.8. The van der Waals surface area contributed by atoms with Crippen LogP contribution in [0.3, 0.4) is 0 Å². The van der Waals surface area contributed by atoms with Crippen LogP contribution in [0.2, 0.25) is 0 Å². The zero-order valence-electron chi connectivity index (χ0n) is 14.7. The molecule has 1 aliphatic rings. The standard InChI is InChI=1S/C19H28N4O/c1-3-23-11-9-19(14-20,10-12-23)22-18(24)17(21)13-15(2)16-7-5-4-6-8-16/h4-8,15,17H,3,9-13,21H2,1-2H3,(H,22,24)/t15-,17-/m0/s1. The van der Waals surface area contributed by atoms with Gasteiger partial charge in [0.05, 0.1) is 12.1 Å². The molecule has 1 fully saturated rings. The minimum atomic E-state index is -0.768. The molecule has 24 heavy (non-hydrogen) atoms. The van der Waals surface area contributed by atoms with Crippen molar-refractivity contribution in [3.05, 3.63) is 35.9 Å². The van der Waals surface area contributed by atoms with Crippen molar-refractivity contribution in [3.63, 3.8) is 0 Å². The highest BCUT2D eigenvalue weighted by atomic mass is 16.2. The second kappa shape index (κ2) is 8.27. The molecule has 1 heterocycles. The van der Waals surface area contributed by atoms with Crippen molar-refractivity contribution in [1.29, 1.82) is 5.26 Å². The molecule has 130 valence electrons. The lowest BCUT2D eigenvalue weighted by atomic mass is 9.87. The van der Waals surface area contributed by atoms with E-state index in [1.54, 1.807) is 0 Å². The highest BCUT2D eigenvalue weighted by Gasteiger charge is 2.37. The monoisotopic (exact) mass is 328 g/mol. The molecule has 5 heteroatoms. The third-order valence-electron chi connectivity index (χ3n) is 5.05. The van der Waals surface area contributed by atoms with Crippen LogP contribution in [0, 0.1) is 11.3 Å². The maximum atomic E-state index is 12.5. The molecule has 0 aliphatic carbocycles.